The summed E-state index contributed by atoms with van der Waals surface area (Å²) in [6.07, 6.45) is 0. The van der Waals surface area contributed by atoms with E-state index in [1.807, 2.05) is 30.3 Å². The zero-order valence-corrected chi connectivity index (χ0v) is 13.2. The number of nitrogens with zero attached hydrogens (tertiary/aromatic N) is 2. The van der Waals surface area contributed by atoms with Crippen LogP contribution >= 0.6 is 11.8 Å². The molecule has 2 aromatic rings. The van der Waals surface area contributed by atoms with Crippen molar-refractivity contribution in [2.24, 2.45) is 5.10 Å². The number of nitro benzene ring substituents is 1. The number of carbonyl (C=O) groups excluding carboxylic acids is 1. The van der Waals surface area contributed by atoms with Crippen LogP contribution in [0.4, 0.5) is 5.69 Å². The van der Waals surface area contributed by atoms with Gasteiger partial charge in [0.05, 0.1) is 16.4 Å². The molecule has 0 aliphatic heterocycles. The number of amides is 1. The number of nitro groups is 1. The van der Waals surface area contributed by atoms with Crippen molar-refractivity contribution in [1.82, 2.24) is 5.43 Å². The molecule has 0 saturated heterocycles. The quantitative estimate of drug-likeness (QED) is 0.382. The van der Waals surface area contributed by atoms with Crippen LogP contribution in [0.2, 0.25) is 0 Å². The smallest absolute Gasteiger partial charge is 0.270 e. The summed E-state index contributed by atoms with van der Waals surface area (Å²) >= 11 is 1.41. The van der Waals surface area contributed by atoms with Crippen molar-refractivity contribution in [1.29, 1.82) is 0 Å². The standard InChI is InChI=1S/C16H15N3O3S/c1-12(13-6-5-7-14(10-13)19(21)22)17-18-16(20)11-23-15-8-3-2-4-9-15/h2-10H,11H2,1H3,(H,18,20)/b17-12+. The van der Waals surface area contributed by atoms with Gasteiger partial charge in [-0.15, -0.1) is 11.8 Å². The molecule has 7 heteroatoms. The molecule has 0 aliphatic rings. The van der Waals surface area contributed by atoms with Crippen LogP contribution < -0.4 is 5.43 Å². The van der Waals surface area contributed by atoms with Crippen molar-refractivity contribution in [2.45, 2.75) is 11.8 Å². The molecule has 0 fully saturated rings. The van der Waals surface area contributed by atoms with Crippen molar-refractivity contribution in [2.75, 3.05) is 5.75 Å². The molecule has 1 amide bonds. The van der Waals surface area contributed by atoms with Gasteiger partial charge < -0.3 is 0 Å². The molecule has 0 saturated carbocycles. The summed E-state index contributed by atoms with van der Waals surface area (Å²) in [5, 5.41) is 14.7. The Balaban J connectivity index is 1.92. The Morgan fingerprint density at radius 2 is 1.96 bits per heavy atom. The van der Waals surface area contributed by atoms with Crippen LogP contribution in [0.15, 0.2) is 64.6 Å². The highest BCUT2D eigenvalue weighted by molar-refractivity contribution is 8.00. The highest BCUT2D eigenvalue weighted by Gasteiger charge is 2.08. The predicted molar refractivity (Wildman–Crippen MR) is 90.6 cm³/mol. The lowest BCUT2D eigenvalue weighted by Crippen LogP contribution is -2.21. The Bertz CT molecular complexity index is 732. The minimum absolute atomic E-state index is 0.0111. The first-order chi connectivity index (χ1) is 11.1. The monoisotopic (exact) mass is 329 g/mol. The molecule has 6 nitrogen and oxygen atoms in total. The summed E-state index contributed by atoms with van der Waals surface area (Å²) in [6, 6.07) is 15.7. The minimum Gasteiger partial charge on any atom is -0.272 e. The number of benzene rings is 2. The van der Waals surface area contributed by atoms with Gasteiger partial charge >= 0.3 is 0 Å². The van der Waals surface area contributed by atoms with E-state index in [1.54, 1.807) is 19.1 Å². The van der Waals surface area contributed by atoms with E-state index in [0.717, 1.165) is 4.90 Å². The van der Waals surface area contributed by atoms with Crippen molar-refractivity contribution in [3.63, 3.8) is 0 Å². The van der Waals surface area contributed by atoms with Crippen LogP contribution in [0.5, 0.6) is 0 Å². The van der Waals surface area contributed by atoms with Gasteiger partial charge in [-0.3, -0.25) is 14.9 Å². The number of hydrogen-bond acceptors (Lipinski definition) is 5. The number of hydrogen-bond donors (Lipinski definition) is 1. The predicted octanol–water partition coefficient (Wildman–Crippen LogP) is 3.23. The molecular weight excluding hydrogens is 314 g/mol. The van der Waals surface area contributed by atoms with Gasteiger partial charge in [0.25, 0.3) is 5.69 Å². The Morgan fingerprint density at radius 1 is 1.22 bits per heavy atom. The minimum atomic E-state index is -0.466. The van der Waals surface area contributed by atoms with E-state index in [2.05, 4.69) is 10.5 Å². The molecular formula is C16H15N3O3S. The molecule has 118 valence electrons. The molecule has 2 aromatic carbocycles. The van der Waals surface area contributed by atoms with Crippen LogP contribution in [0.1, 0.15) is 12.5 Å². The maximum absolute atomic E-state index is 11.8. The van der Waals surface area contributed by atoms with Crippen LogP contribution in [-0.2, 0) is 4.79 Å². The van der Waals surface area contributed by atoms with E-state index < -0.39 is 4.92 Å². The van der Waals surface area contributed by atoms with Gasteiger partial charge in [0.1, 0.15) is 0 Å². The van der Waals surface area contributed by atoms with E-state index in [4.69, 9.17) is 0 Å². The van der Waals surface area contributed by atoms with Crippen LogP contribution in [0.3, 0.4) is 0 Å². The molecule has 0 unspecified atom stereocenters. The number of thioether (sulfide) groups is 1. The fraction of sp³-hybridized carbons (Fsp3) is 0.125. The number of nitrogens with one attached hydrogen (secondary N) is 1. The lowest BCUT2D eigenvalue weighted by atomic mass is 10.1. The third-order valence-electron chi connectivity index (χ3n) is 2.94. The second-order valence-electron chi connectivity index (χ2n) is 4.64. The number of rotatable bonds is 6. The fourth-order valence-electron chi connectivity index (χ4n) is 1.75. The first-order valence-corrected chi connectivity index (χ1v) is 7.80. The lowest BCUT2D eigenvalue weighted by Gasteiger charge is -2.03. The summed E-state index contributed by atoms with van der Waals surface area (Å²) in [5.41, 5.74) is 3.55. The van der Waals surface area contributed by atoms with E-state index in [-0.39, 0.29) is 17.3 Å². The number of non-ortho nitro benzene ring substituents is 1. The molecule has 0 radical (unpaired) electrons. The fourth-order valence-corrected chi connectivity index (χ4v) is 2.47. The summed E-state index contributed by atoms with van der Waals surface area (Å²) in [6.45, 7) is 1.68. The van der Waals surface area contributed by atoms with Crippen LogP contribution in [0, 0.1) is 10.1 Å². The molecule has 0 spiro atoms. The largest absolute Gasteiger partial charge is 0.272 e. The molecule has 2 rings (SSSR count). The molecule has 0 bridgehead atoms. The Morgan fingerprint density at radius 3 is 2.65 bits per heavy atom. The van der Waals surface area contributed by atoms with Gasteiger partial charge in [0.2, 0.25) is 5.91 Å². The van der Waals surface area contributed by atoms with Gasteiger partial charge in [-0.1, -0.05) is 30.3 Å². The maximum atomic E-state index is 11.8. The van der Waals surface area contributed by atoms with Crippen molar-refractivity contribution in [3.05, 3.63) is 70.3 Å². The molecule has 0 aromatic heterocycles. The maximum Gasteiger partial charge on any atom is 0.270 e. The van der Waals surface area contributed by atoms with Gasteiger partial charge in [-0.2, -0.15) is 5.10 Å². The van der Waals surface area contributed by atoms with E-state index >= 15 is 0 Å². The van der Waals surface area contributed by atoms with Gasteiger partial charge in [0, 0.05) is 22.6 Å². The molecule has 0 atom stereocenters. The zero-order valence-electron chi connectivity index (χ0n) is 12.4. The van der Waals surface area contributed by atoms with E-state index in [9.17, 15) is 14.9 Å². The third kappa shape index (κ3) is 5.23. The molecule has 1 N–H and O–H groups in total. The van der Waals surface area contributed by atoms with Gasteiger partial charge in [-0.05, 0) is 19.1 Å². The average Bonchev–Trinajstić information content (AvgIpc) is 2.58. The van der Waals surface area contributed by atoms with Crippen molar-refractivity contribution in [3.8, 4) is 0 Å². The highest BCUT2D eigenvalue weighted by atomic mass is 32.2. The third-order valence-corrected chi connectivity index (χ3v) is 3.95. The molecule has 0 heterocycles. The summed E-state index contributed by atoms with van der Waals surface area (Å²) in [7, 11) is 0. The summed E-state index contributed by atoms with van der Waals surface area (Å²) in [5.74, 6) is 0.0130. The van der Waals surface area contributed by atoms with Crippen molar-refractivity contribution < 1.29 is 9.72 Å². The first kappa shape index (κ1) is 16.7. The number of hydrazone groups is 1. The second kappa shape index (κ2) is 8.09. The van der Waals surface area contributed by atoms with E-state index in [0.29, 0.717) is 11.3 Å². The highest BCUT2D eigenvalue weighted by Crippen LogP contribution is 2.16. The first-order valence-electron chi connectivity index (χ1n) is 6.82. The Kier molecular flexibility index (Phi) is 5.87. The zero-order chi connectivity index (χ0) is 16.7. The second-order valence-corrected chi connectivity index (χ2v) is 5.69. The van der Waals surface area contributed by atoms with Gasteiger partial charge in [-0.25, -0.2) is 5.43 Å². The van der Waals surface area contributed by atoms with Crippen molar-refractivity contribution >= 4 is 29.1 Å². The summed E-state index contributed by atoms with van der Waals surface area (Å²) < 4.78 is 0. The summed E-state index contributed by atoms with van der Waals surface area (Å²) in [4.78, 5) is 23.1. The van der Waals surface area contributed by atoms with Crippen LogP contribution in [-0.4, -0.2) is 22.3 Å². The van der Waals surface area contributed by atoms with Crippen LogP contribution in [0.25, 0.3) is 0 Å². The number of carbonyl (C=O) groups is 1. The van der Waals surface area contributed by atoms with Gasteiger partial charge in [0.15, 0.2) is 0 Å². The molecule has 0 aliphatic carbocycles. The topological polar surface area (TPSA) is 84.6 Å². The Hall–Kier alpha value is -2.67. The SMILES string of the molecule is C/C(=N\NC(=O)CSc1ccccc1)c1cccc([N+](=O)[O-])c1. The normalized spacial score (nSPS) is 11.1. The molecule has 23 heavy (non-hydrogen) atoms. The van der Waals surface area contributed by atoms with E-state index in [1.165, 1.54) is 23.9 Å². The Labute approximate surface area is 137 Å². The average molecular weight is 329 g/mol. The lowest BCUT2D eigenvalue weighted by molar-refractivity contribution is -0.384.